The molecule has 7 heteroatoms. The van der Waals surface area contributed by atoms with Crippen molar-refractivity contribution >= 4 is 15.7 Å². The third-order valence-electron chi connectivity index (χ3n) is 5.18. The Balaban J connectivity index is 1.52. The molecule has 2 aromatic rings. The molecule has 2 aliphatic rings. The number of rotatable bonds is 3. The molecule has 0 atom stereocenters. The van der Waals surface area contributed by atoms with Crippen LogP contribution < -0.4 is 9.46 Å². The highest BCUT2D eigenvalue weighted by molar-refractivity contribution is 7.92. The van der Waals surface area contributed by atoms with Gasteiger partial charge in [-0.15, -0.1) is 0 Å². The van der Waals surface area contributed by atoms with Crippen molar-refractivity contribution in [3.05, 3.63) is 48.0 Å². The first-order chi connectivity index (χ1) is 12.8. The van der Waals surface area contributed by atoms with Crippen molar-refractivity contribution in [2.45, 2.75) is 44.1 Å². The number of ether oxygens (including phenoxy) is 1. The Morgan fingerprint density at radius 2 is 1.74 bits per heavy atom. The first-order valence-electron chi connectivity index (χ1n) is 9.09. The summed E-state index contributed by atoms with van der Waals surface area (Å²) in [6, 6.07) is 13.1. The van der Waals surface area contributed by atoms with Gasteiger partial charge in [-0.3, -0.25) is 4.72 Å². The molecule has 0 amide bonds. The van der Waals surface area contributed by atoms with E-state index < -0.39 is 15.9 Å². The van der Waals surface area contributed by atoms with Gasteiger partial charge in [-0.1, -0.05) is 30.3 Å². The van der Waals surface area contributed by atoms with E-state index in [2.05, 4.69) is 4.72 Å². The number of nitrogens with one attached hydrogen (secondary N) is 1. The molecule has 4 rings (SSSR count). The van der Waals surface area contributed by atoms with E-state index in [0.29, 0.717) is 30.7 Å². The minimum Gasteiger partial charge on any atom is -0.490 e. The molecule has 1 aliphatic carbocycles. The van der Waals surface area contributed by atoms with Crippen molar-refractivity contribution < 1.29 is 21.9 Å². The summed E-state index contributed by atoms with van der Waals surface area (Å²) in [5, 5.41) is 0. The molecule has 1 heterocycles. The second-order valence-electron chi connectivity index (χ2n) is 7.21. The summed E-state index contributed by atoms with van der Waals surface area (Å²) >= 11 is 0. The van der Waals surface area contributed by atoms with Crippen LogP contribution in [0.5, 0.6) is 5.75 Å². The Labute approximate surface area is 157 Å². The number of sulfonamides is 1. The molecule has 1 N–H and O–H groups in total. The monoisotopic (exact) mass is 393 g/mol. The molecule has 4 nitrogen and oxygen atoms in total. The fourth-order valence-electron chi connectivity index (χ4n) is 3.66. The van der Waals surface area contributed by atoms with Crippen molar-refractivity contribution in [2.24, 2.45) is 0 Å². The maximum atomic E-state index is 13.2. The highest BCUT2D eigenvalue weighted by atomic mass is 32.2. The lowest BCUT2D eigenvalue weighted by Gasteiger charge is -2.28. The van der Waals surface area contributed by atoms with Gasteiger partial charge in [-0.05, 0) is 42.5 Å². The highest BCUT2D eigenvalue weighted by Gasteiger charge is 2.35. The van der Waals surface area contributed by atoms with Crippen molar-refractivity contribution in [3.8, 4) is 16.9 Å². The lowest BCUT2D eigenvalue weighted by atomic mass is 9.94. The number of hydrogen-bond acceptors (Lipinski definition) is 3. The molecule has 1 saturated carbocycles. The fraction of sp³-hybridized carbons (Fsp3) is 0.400. The van der Waals surface area contributed by atoms with Crippen LogP contribution >= 0.6 is 0 Å². The van der Waals surface area contributed by atoms with E-state index in [9.17, 15) is 17.2 Å². The van der Waals surface area contributed by atoms with E-state index in [1.165, 1.54) is 0 Å². The third kappa shape index (κ3) is 4.08. The lowest BCUT2D eigenvalue weighted by Crippen LogP contribution is -2.30. The molecule has 0 spiro atoms. The van der Waals surface area contributed by atoms with Gasteiger partial charge < -0.3 is 4.74 Å². The Morgan fingerprint density at radius 1 is 1.04 bits per heavy atom. The molecule has 27 heavy (non-hydrogen) atoms. The zero-order valence-electron chi connectivity index (χ0n) is 14.8. The van der Waals surface area contributed by atoms with Crippen molar-refractivity contribution in [3.63, 3.8) is 0 Å². The van der Waals surface area contributed by atoms with E-state index in [1.807, 2.05) is 30.3 Å². The number of halogens is 2. The fourth-order valence-corrected chi connectivity index (χ4v) is 4.80. The number of benzene rings is 2. The Kier molecular flexibility index (Phi) is 4.58. The van der Waals surface area contributed by atoms with Crippen LogP contribution in [-0.2, 0) is 16.4 Å². The van der Waals surface area contributed by atoms with Gasteiger partial charge in [0.2, 0.25) is 15.9 Å². The summed E-state index contributed by atoms with van der Waals surface area (Å²) in [5.74, 6) is -1.83. The number of hydrogen-bond donors (Lipinski definition) is 1. The average molecular weight is 393 g/mol. The molecule has 0 aromatic heterocycles. The number of fused-ring (bicyclic) bond motifs is 1. The average Bonchev–Trinajstić information content (AvgIpc) is 2.63. The van der Waals surface area contributed by atoms with Crippen molar-refractivity contribution in [1.29, 1.82) is 0 Å². The smallest absolute Gasteiger partial charge is 0.248 e. The van der Waals surface area contributed by atoms with Gasteiger partial charge in [0.1, 0.15) is 5.75 Å². The van der Waals surface area contributed by atoms with E-state index >= 15 is 0 Å². The second kappa shape index (κ2) is 6.78. The topological polar surface area (TPSA) is 55.4 Å². The summed E-state index contributed by atoms with van der Waals surface area (Å²) in [6.07, 6.45) is 0.738. The van der Waals surface area contributed by atoms with Crippen molar-refractivity contribution in [1.82, 2.24) is 0 Å². The zero-order chi connectivity index (χ0) is 19.1. The van der Waals surface area contributed by atoms with E-state index in [4.69, 9.17) is 4.74 Å². The number of anilines is 1. The van der Waals surface area contributed by atoms with E-state index in [-0.39, 0.29) is 24.7 Å². The Hall–Kier alpha value is -2.15. The predicted octanol–water partition coefficient (Wildman–Crippen LogP) is 4.61. The maximum Gasteiger partial charge on any atom is 0.248 e. The molecule has 2 aromatic carbocycles. The first-order valence-corrected chi connectivity index (χ1v) is 10.7. The van der Waals surface area contributed by atoms with Gasteiger partial charge in [0.15, 0.2) is 0 Å². The van der Waals surface area contributed by atoms with Crippen LogP contribution in [0.4, 0.5) is 14.5 Å². The molecule has 144 valence electrons. The zero-order valence-corrected chi connectivity index (χ0v) is 15.6. The predicted molar refractivity (Wildman–Crippen MR) is 101 cm³/mol. The molecule has 1 aliphatic heterocycles. The van der Waals surface area contributed by atoms with Crippen LogP contribution in [0, 0.1) is 0 Å². The number of aryl methyl sites for hydroxylation is 1. The van der Waals surface area contributed by atoms with Gasteiger partial charge >= 0.3 is 0 Å². The molecule has 0 bridgehead atoms. The third-order valence-corrected chi connectivity index (χ3v) is 6.44. The number of para-hydroxylation sites is 1. The summed E-state index contributed by atoms with van der Waals surface area (Å²) < 4.78 is 58.9. The minimum atomic E-state index is -3.30. The molecule has 0 radical (unpaired) electrons. The molecular formula is C20H21F2NO3S. The van der Waals surface area contributed by atoms with Crippen LogP contribution in [0.3, 0.4) is 0 Å². The minimum absolute atomic E-state index is 0.0939. The van der Waals surface area contributed by atoms with Crippen LogP contribution in [0.25, 0.3) is 11.1 Å². The van der Waals surface area contributed by atoms with E-state index in [1.54, 1.807) is 12.1 Å². The molecule has 1 fully saturated rings. The Bertz CT molecular complexity index is 932. The molecule has 0 saturated heterocycles. The van der Waals surface area contributed by atoms with Crippen molar-refractivity contribution in [2.75, 3.05) is 10.5 Å². The quantitative estimate of drug-likeness (QED) is 0.829. The van der Waals surface area contributed by atoms with Gasteiger partial charge in [0.05, 0.1) is 17.5 Å². The van der Waals surface area contributed by atoms with Gasteiger partial charge in [-0.2, -0.15) is 0 Å². The molecular weight excluding hydrogens is 372 g/mol. The molecule has 0 unspecified atom stereocenters. The van der Waals surface area contributed by atoms with Gasteiger partial charge in [0, 0.05) is 18.4 Å². The normalized spacial score (nSPS) is 21.1. The van der Waals surface area contributed by atoms with Crippen LogP contribution in [0.2, 0.25) is 0 Å². The lowest BCUT2D eigenvalue weighted by molar-refractivity contribution is -0.0582. The maximum absolute atomic E-state index is 13.2. The number of alkyl halides is 2. The summed E-state index contributed by atoms with van der Waals surface area (Å²) in [7, 11) is -3.30. The summed E-state index contributed by atoms with van der Waals surface area (Å²) in [6.45, 7) is 0. The Morgan fingerprint density at radius 3 is 2.44 bits per heavy atom. The van der Waals surface area contributed by atoms with Crippen LogP contribution in [0.15, 0.2) is 42.5 Å². The van der Waals surface area contributed by atoms with Crippen LogP contribution in [0.1, 0.15) is 31.2 Å². The van der Waals surface area contributed by atoms with E-state index in [0.717, 1.165) is 16.7 Å². The van der Waals surface area contributed by atoms with Crippen LogP contribution in [-0.4, -0.2) is 26.2 Å². The SMILES string of the molecule is O=S1(=O)CCc2cccc(-c3ccc(OC4CCC(F)(F)CC4)cc3)c2N1. The summed E-state index contributed by atoms with van der Waals surface area (Å²) in [5.41, 5.74) is 3.30. The second-order valence-corrected chi connectivity index (χ2v) is 9.05. The summed E-state index contributed by atoms with van der Waals surface area (Å²) in [4.78, 5) is 0. The first kappa shape index (κ1) is 18.2. The standard InChI is InChI=1S/C20H21F2NO3S/c21-20(22)11-8-17(9-12-20)26-16-6-4-14(5-7-16)18-3-1-2-15-10-13-27(24,25)23-19(15)18/h1-7,17,23H,8-13H2. The highest BCUT2D eigenvalue weighted by Crippen LogP contribution is 2.37. The van der Waals surface area contributed by atoms with Gasteiger partial charge in [-0.25, -0.2) is 17.2 Å². The van der Waals surface area contributed by atoms with Gasteiger partial charge in [0.25, 0.3) is 0 Å². The largest absolute Gasteiger partial charge is 0.490 e.